The number of likely N-dealkylation sites (tertiary alicyclic amines) is 1. The van der Waals surface area contributed by atoms with Gasteiger partial charge < -0.3 is 19.4 Å². The van der Waals surface area contributed by atoms with E-state index in [0.29, 0.717) is 37.3 Å². The number of Topliss-reactive ketones (excluding diaryl/α,β-unsaturated/α-hetero) is 1. The van der Waals surface area contributed by atoms with E-state index in [1.165, 1.54) is 0 Å². The van der Waals surface area contributed by atoms with Crippen molar-refractivity contribution in [1.29, 1.82) is 0 Å². The van der Waals surface area contributed by atoms with E-state index < -0.39 is 0 Å². The third kappa shape index (κ3) is 7.85. The van der Waals surface area contributed by atoms with E-state index in [1.807, 2.05) is 30.1 Å². The minimum atomic E-state index is 0.253. The fraction of sp³-hybridized carbons (Fsp3) is 0.840. The first-order valence-corrected chi connectivity index (χ1v) is 12.4. The number of carbonyl (C=O) groups is 2. The van der Waals surface area contributed by atoms with Crippen molar-refractivity contribution in [3.63, 3.8) is 0 Å². The van der Waals surface area contributed by atoms with Crippen molar-refractivity contribution in [3.8, 4) is 0 Å². The molecule has 0 aromatic heterocycles. The number of nitrogens with zero attached hydrogens (tertiary/aromatic N) is 4. The molecule has 0 aromatic carbocycles. The molecule has 2 aliphatic rings. The Labute approximate surface area is 195 Å². The zero-order chi connectivity index (χ0) is 23.7. The van der Waals surface area contributed by atoms with Gasteiger partial charge in [0.1, 0.15) is 0 Å². The molecule has 1 saturated heterocycles. The summed E-state index contributed by atoms with van der Waals surface area (Å²) in [7, 11) is 7.74. The van der Waals surface area contributed by atoms with E-state index >= 15 is 0 Å². The number of amides is 1. The summed E-state index contributed by atoms with van der Waals surface area (Å²) in [5.74, 6) is 1.25. The monoisotopic (exact) mass is 450 g/mol. The number of rotatable bonds is 12. The zero-order valence-corrected chi connectivity index (χ0v) is 21.3. The average molecular weight is 451 g/mol. The first kappa shape index (κ1) is 26.8. The zero-order valence-electron chi connectivity index (χ0n) is 21.3. The maximum atomic E-state index is 13.1. The molecule has 32 heavy (non-hydrogen) atoms. The Kier molecular flexibility index (Phi) is 11.2. The van der Waals surface area contributed by atoms with Crippen molar-refractivity contribution in [2.75, 3.05) is 74.1 Å². The van der Waals surface area contributed by atoms with Gasteiger partial charge in [0, 0.05) is 84.6 Å². The Bertz CT molecular complexity index is 637. The molecule has 1 aliphatic heterocycles. The number of carbonyl (C=O) groups excluding carboxylic acids is 2. The fourth-order valence-electron chi connectivity index (χ4n) is 5.26. The second-order valence-corrected chi connectivity index (χ2v) is 9.85. The van der Waals surface area contributed by atoms with Crippen LogP contribution in [0.15, 0.2) is 11.8 Å². The van der Waals surface area contributed by atoms with Crippen LogP contribution >= 0.6 is 0 Å². The maximum Gasteiger partial charge on any atom is 0.222 e. The van der Waals surface area contributed by atoms with Crippen molar-refractivity contribution in [2.24, 2.45) is 11.8 Å². The summed E-state index contributed by atoms with van der Waals surface area (Å²) in [5.41, 5.74) is 0.960. The van der Waals surface area contributed by atoms with Gasteiger partial charge in [0.05, 0.1) is 6.61 Å². The van der Waals surface area contributed by atoms with Crippen LogP contribution in [-0.2, 0) is 14.3 Å². The summed E-state index contributed by atoms with van der Waals surface area (Å²) in [5, 5.41) is 0. The molecule has 0 spiro atoms. The van der Waals surface area contributed by atoms with Crippen LogP contribution in [0.1, 0.15) is 46.0 Å². The molecule has 0 radical (unpaired) electrons. The van der Waals surface area contributed by atoms with Gasteiger partial charge in [0.25, 0.3) is 0 Å². The minimum absolute atomic E-state index is 0.253. The molecular formula is C25H46N4O3. The van der Waals surface area contributed by atoms with Gasteiger partial charge in [-0.05, 0) is 51.6 Å². The quantitative estimate of drug-likeness (QED) is 0.426. The van der Waals surface area contributed by atoms with Gasteiger partial charge in [-0.15, -0.1) is 0 Å². The molecule has 0 aromatic rings. The van der Waals surface area contributed by atoms with E-state index in [-0.39, 0.29) is 11.7 Å². The highest BCUT2D eigenvalue weighted by molar-refractivity contribution is 5.96. The van der Waals surface area contributed by atoms with Gasteiger partial charge in [0.2, 0.25) is 5.91 Å². The Morgan fingerprint density at radius 1 is 1.16 bits per heavy atom. The average Bonchev–Trinajstić information content (AvgIpc) is 2.73. The molecule has 184 valence electrons. The summed E-state index contributed by atoms with van der Waals surface area (Å²) < 4.78 is 5.14. The number of likely N-dealkylation sites (N-methyl/N-ethyl adjacent to an activating group) is 2. The summed E-state index contributed by atoms with van der Waals surface area (Å²) >= 11 is 0. The van der Waals surface area contributed by atoms with Crippen LogP contribution in [0, 0.1) is 11.8 Å². The molecule has 1 heterocycles. The lowest BCUT2D eigenvalue weighted by atomic mass is 9.72. The molecule has 1 aliphatic carbocycles. The third-order valence-electron chi connectivity index (χ3n) is 6.93. The highest BCUT2D eigenvalue weighted by Gasteiger charge is 2.41. The Morgan fingerprint density at radius 3 is 2.53 bits per heavy atom. The summed E-state index contributed by atoms with van der Waals surface area (Å²) in [6.07, 6.45) is 6.14. The molecule has 7 nitrogen and oxygen atoms in total. The summed E-state index contributed by atoms with van der Waals surface area (Å²) in [4.78, 5) is 34.6. The molecule has 1 amide bonds. The highest BCUT2D eigenvalue weighted by atomic mass is 16.5. The minimum Gasteiger partial charge on any atom is -0.383 e. The van der Waals surface area contributed by atoms with Crippen molar-refractivity contribution in [3.05, 3.63) is 11.8 Å². The Morgan fingerprint density at radius 2 is 1.91 bits per heavy atom. The van der Waals surface area contributed by atoms with E-state index in [4.69, 9.17) is 4.74 Å². The number of ether oxygens (including phenoxy) is 1. The maximum absolute atomic E-state index is 13.1. The van der Waals surface area contributed by atoms with E-state index in [1.54, 1.807) is 7.11 Å². The van der Waals surface area contributed by atoms with Crippen LogP contribution in [0.5, 0.6) is 0 Å². The summed E-state index contributed by atoms with van der Waals surface area (Å²) in [6, 6.07) is 0.432. The molecule has 1 saturated carbocycles. The van der Waals surface area contributed by atoms with Gasteiger partial charge in [-0.2, -0.15) is 0 Å². The van der Waals surface area contributed by atoms with Crippen LogP contribution in [0.4, 0.5) is 0 Å². The van der Waals surface area contributed by atoms with Gasteiger partial charge in [-0.3, -0.25) is 14.5 Å². The standard InChI is InChI=1S/C25H46N4O3/c1-7-9-29-18-20(14-21-17-24(30)22(16-23(21)29)19-26(3)4)15-25(31)28(8-2)11-10-27(5)12-13-32-6/h19-21,23H,7-18H2,1-6H3/t20-,21-,23-/m1/s1. The first-order valence-electron chi connectivity index (χ1n) is 12.4. The number of methoxy groups -OCH3 is 1. The fourth-order valence-corrected chi connectivity index (χ4v) is 5.26. The molecule has 2 fully saturated rings. The van der Waals surface area contributed by atoms with Crippen molar-refractivity contribution < 1.29 is 14.3 Å². The van der Waals surface area contributed by atoms with E-state index in [0.717, 1.165) is 64.1 Å². The predicted octanol–water partition coefficient (Wildman–Crippen LogP) is 2.33. The lowest BCUT2D eigenvalue weighted by Gasteiger charge is -2.47. The smallest absolute Gasteiger partial charge is 0.222 e. The summed E-state index contributed by atoms with van der Waals surface area (Å²) in [6.45, 7) is 10.2. The van der Waals surface area contributed by atoms with Crippen molar-refractivity contribution in [1.82, 2.24) is 19.6 Å². The topological polar surface area (TPSA) is 56.3 Å². The SMILES string of the molecule is CCCN1C[C@@H](CC(=O)N(CC)CCN(C)CCOC)C[C@@H]2CC(=O)C(=CN(C)C)C[C@H]21. The lowest BCUT2D eigenvalue weighted by molar-refractivity contribution is -0.133. The van der Waals surface area contributed by atoms with Gasteiger partial charge in [0.15, 0.2) is 5.78 Å². The van der Waals surface area contributed by atoms with Crippen molar-refractivity contribution in [2.45, 2.75) is 52.0 Å². The van der Waals surface area contributed by atoms with Gasteiger partial charge in [-0.1, -0.05) is 6.92 Å². The van der Waals surface area contributed by atoms with E-state index in [9.17, 15) is 9.59 Å². The van der Waals surface area contributed by atoms with Crippen LogP contribution in [0.25, 0.3) is 0 Å². The molecule has 0 unspecified atom stereocenters. The molecule has 2 rings (SSSR count). The molecule has 7 heteroatoms. The third-order valence-corrected chi connectivity index (χ3v) is 6.93. The number of fused-ring (bicyclic) bond motifs is 1. The van der Waals surface area contributed by atoms with Crippen molar-refractivity contribution >= 4 is 11.7 Å². The number of hydrogen-bond acceptors (Lipinski definition) is 6. The highest BCUT2D eigenvalue weighted by Crippen LogP contribution is 2.39. The molecular weight excluding hydrogens is 404 g/mol. The Balaban J connectivity index is 1.98. The first-order chi connectivity index (χ1) is 15.3. The second-order valence-electron chi connectivity index (χ2n) is 9.85. The second kappa shape index (κ2) is 13.3. The van der Waals surface area contributed by atoms with E-state index in [2.05, 4.69) is 30.7 Å². The van der Waals surface area contributed by atoms with Crippen LogP contribution in [0.3, 0.4) is 0 Å². The van der Waals surface area contributed by atoms with Gasteiger partial charge >= 0.3 is 0 Å². The van der Waals surface area contributed by atoms with Crippen LogP contribution < -0.4 is 0 Å². The normalized spacial score (nSPS) is 25.3. The lowest BCUT2D eigenvalue weighted by Crippen LogP contribution is -2.52. The number of hydrogen-bond donors (Lipinski definition) is 0. The molecule has 3 atom stereocenters. The molecule has 0 bridgehead atoms. The Hall–Kier alpha value is -1.44. The molecule has 0 N–H and O–H groups in total. The predicted molar refractivity (Wildman–Crippen MR) is 130 cm³/mol. The van der Waals surface area contributed by atoms with Crippen LogP contribution in [0.2, 0.25) is 0 Å². The van der Waals surface area contributed by atoms with Gasteiger partial charge in [-0.25, -0.2) is 0 Å². The number of piperidine rings is 1. The van der Waals surface area contributed by atoms with Crippen LogP contribution in [-0.4, -0.2) is 111 Å². The largest absolute Gasteiger partial charge is 0.383 e. The number of ketones is 1.